The second-order valence-electron chi connectivity index (χ2n) is 8.24. The molecule has 5 rings (SSSR count). The molecule has 0 aliphatic carbocycles. The van der Waals surface area contributed by atoms with Gasteiger partial charge in [0.05, 0.1) is 34.1 Å². The van der Waals surface area contributed by atoms with Crippen molar-refractivity contribution in [3.05, 3.63) is 94.3 Å². The van der Waals surface area contributed by atoms with Crippen molar-refractivity contribution in [3.8, 4) is 11.3 Å². The van der Waals surface area contributed by atoms with E-state index in [-0.39, 0.29) is 29.1 Å². The summed E-state index contributed by atoms with van der Waals surface area (Å²) in [5, 5.41) is 8.58. The minimum Gasteiger partial charge on any atom is -0.356 e. The summed E-state index contributed by atoms with van der Waals surface area (Å²) in [6, 6.07) is 13.4. The maximum Gasteiger partial charge on any atom is 0.255 e. The summed E-state index contributed by atoms with van der Waals surface area (Å²) in [7, 11) is 0. The fourth-order valence-corrected chi connectivity index (χ4v) is 4.26. The largest absolute Gasteiger partial charge is 0.356 e. The van der Waals surface area contributed by atoms with Gasteiger partial charge in [-0.1, -0.05) is 29.8 Å². The molecule has 7 nitrogen and oxygen atoms in total. The van der Waals surface area contributed by atoms with Crippen LogP contribution in [0.25, 0.3) is 11.3 Å². The number of anilines is 3. The van der Waals surface area contributed by atoms with E-state index in [9.17, 15) is 18.4 Å². The van der Waals surface area contributed by atoms with Gasteiger partial charge >= 0.3 is 0 Å². The third-order valence-electron chi connectivity index (χ3n) is 5.77. The standard InChI is InChI=1S/C26H20ClF2N5O2/c27-23-17(29)2-1-3-19(23)33-25-22-18(9-11-31-26(22)36)32-24(25)15-8-10-30-20(13-15)34-21(35)12-14-4-6-16(28)7-5-14/h1-8,10,13,32-33H,9,11-12H2,(H,31,36)(H,30,34,35). The summed E-state index contributed by atoms with van der Waals surface area (Å²) in [5.41, 5.74) is 3.74. The van der Waals surface area contributed by atoms with Crippen LogP contribution < -0.4 is 16.0 Å². The molecule has 0 fully saturated rings. The number of nitrogens with one attached hydrogen (secondary N) is 4. The smallest absolute Gasteiger partial charge is 0.255 e. The Balaban J connectivity index is 1.47. The first kappa shape index (κ1) is 23.5. The van der Waals surface area contributed by atoms with Crippen molar-refractivity contribution >= 4 is 40.6 Å². The Morgan fingerprint density at radius 1 is 1.11 bits per heavy atom. The van der Waals surface area contributed by atoms with Crippen molar-refractivity contribution in [3.63, 3.8) is 0 Å². The van der Waals surface area contributed by atoms with Crippen LogP contribution >= 0.6 is 11.6 Å². The van der Waals surface area contributed by atoms with E-state index in [1.54, 1.807) is 30.3 Å². The number of amides is 2. The lowest BCUT2D eigenvalue weighted by atomic mass is 10.1. The van der Waals surface area contributed by atoms with Crippen molar-refractivity contribution in [2.45, 2.75) is 12.8 Å². The molecule has 4 N–H and O–H groups in total. The zero-order chi connectivity index (χ0) is 25.2. The molecule has 1 aliphatic heterocycles. The van der Waals surface area contributed by atoms with E-state index in [1.807, 2.05) is 0 Å². The van der Waals surface area contributed by atoms with Crippen LogP contribution in [0.5, 0.6) is 0 Å². The van der Waals surface area contributed by atoms with E-state index in [2.05, 4.69) is 25.9 Å². The molecule has 0 saturated carbocycles. The molecule has 2 aromatic carbocycles. The number of carbonyl (C=O) groups is 2. The first-order valence-corrected chi connectivity index (χ1v) is 11.5. The zero-order valence-electron chi connectivity index (χ0n) is 18.8. The summed E-state index contributed by atoms with van der Waals surface area (Å²) in [4.78, 5) is 32.8. The predicted octanol–water partition coefficient (Wildman–Crippen LogP) is 5.22. The van der Waals surface area contributed by atoms with Crippen LogP contribution in [0.2, 0.25) is 5.02 Å². The highest BCUT2D eigenvalue weighted by atomic mass is 35.5. The molecular formula is C26H20ClF2N5O2. The van der Waals surface area contributed by atoms with Crippen LogP contribution in [0.3, 0.4) is 0 Å². The number of hydrogen-bond acceptors (Lipinski definition) is 4. The summed E-state index contributed by atoms with van der Waals surface area (Å²) in [6.07, 6.45) is 2.16. The normalized spacial score (nSPS) is 12.6. The maximum atomic E-state index is 14.1. The van der Waals surface area contributed by atoms with E-state index in [0.717, 1.165) is 5.69 Å². The number of aromatic amines is 1. The molecule has 182 valence electrons. The van der Waals surface area contributed by atoms with Crippen molar-refractivity contribution in [1.29, 1.82) is 0 Å². The lowest BCUT2D eigenvalue weighted by molar-refractivity contribution is -0.115. The van der Waals surface area contributed by atoms with Crippen molar-refractivity contribution in [2.75, 3.05) is 17.2 Å². The molecule has 0 spiro atoms. The van der Waals surface area contributed by atoms with Crippen LogP contribution in [0.1, 0.15) is 21.6 Å². The summed E-state index contributed by atoms with van der Waals surface area (Å²) >= 11 is 6.16. The summed E-state index contributed by atoms with van der Waals surface area (Å²) in [6.45, 7) is 0.479. The first-order valence-electron chi connectivity index (χ1n) is 11.1. The van der Waals surface area contributed by atoms with Gasteiger partial charge in [-0.2, -0.15) is 0 Å². The van der Waals surface area contributed by atoms with E-state index >= 15 is 0 Å². The Morgan fingerprint density at radius 3 is 2.72 bits per heavy atom. The second-order valence-corrected chi connectivity index (χ2v) is 8.62. The van der Waals surface area contributed by atoms with Gasteiger partial charge in [-0.15, -0.1) is 0 Å². The van der Waals surface area contributed by atoms with Crippen molar-refractivity contribution < 1.29 is 18.4 Å². The molecule has 3 heterocycles. The van der Waals surface area contributed by atoms with Gasteiger partial charge in [0.25, 0.3) is 5.91 Å². The number of pyridine rings is 1. The summed E-state index contributed by atoms with van der Waals surface area (Å²) in [5.74, 6) is -1.25. The number of aromatic nitrogens is 2. The fraction of sp³-hybridized carbons (Fsp3) is 0.115. The second kappa shape index (κ2) is 9.79. The number of H-pyrrole nitrogens is 1. The third kappa shape index (κ3) is 4.78. The summed E-state index contributed by atoms with van der Waals surface area (Å²) < 4.78 is 27.2. The Hall–Kier alpha value is -4.24. The van der Waals surface area contributed by atoms with Gasteiger partial charge in [-0.05, 0) is 42.0 Å². The average Bonchev–Trinajstić information content (AvgIpc) is 3.23. The Kier molecular flexibility index (Phi) is 6.39. The van der Waals surface area contributed by atoms with Crippen LogP contribution in [-0.4, -0.2) is 28.3 Å². The molecular weight excluding hydrogens is 488 g/mol. The van der Waals surface area contributed by atoms with E-state index in [4.69, 9.17) is 11.6 Å². The highest BCUT2D eigenvalue weighted by molar-refractivity contribution is 6.33. The topological polar surface area (TPSA) is 98.9 Å². The molecule has 2 amide bonds. The first-order chi connectivity index (χ1) is 17.4. The molecule has 1 aliphatic rings. The maximum absolute atomic E-state index is 14.1. The van der Waals surface area contributed by atoms with Crippen LogP contribution in [0.4, 0.5) is 26.0 Å². The van der Waals surface area contributed by atoms with Gasteiger partial charge < -0.3 is 20.9 Å². The van der Waals surface area contributed by atoms with Crippen LogP contribution in [-0.2, 0) is 17.6 Å². The van der Waals surface area contributed by atoms with Gasteiger partial charge in [0, 0.05) is 30.4 Å². The molecule has 0 bridgehead atoms. The number of rotatable bonds is 6. The monoisotopic (exact) mass is 507 g/mol. The Morgan fingerprint density at radius 2 is 1.92 bits per heavy atom. The number of hydrogen-bond donors (Lipinski definition) is 4. The molecule has 0 atom stereocenters. The minimum atomic E-state index is -0.591. The quantitative estimate of drug-likeness (QED) is 0.287. The minimum absolute atomic E-state index is 0.0496. The highest BCUT2D eigenvalue weighted by Crippen LogP contribution is 2.39. The highest BCUT2D eigenvalue weighted by Gasteiger charge is 2.27. The van der Waals surface area contributed by atoms with Gasteiger partial charge in [0.15, 0.2) is 0 Å². The number of halogens is 3. The number of fused-ring (bicyclic) bond motifs is 1. The van der Waals surface area contributed by atoms with E-state index < -0.39 is 5.82 Å². The number of carbonyl (C=O) groups excluding carboxylic acids is 2. The molecule has 4 aromatic rings. The fourth-order valence-electron chi connectivity index (χ4n) is 4.08. The molecule has 10 heteroatoms. The SMILES string of the molecule is O=C(Cc1ccc(F)cc1)Nc1cc(-c2[nH]c3c(c2Nc2cccc(F)c2Cl)C(=O)NCC3)ccn1. The van der Waals surface area contributed by atoms with E-state index in [1.165, 1.54) is 30.5 Å². The van der Waals surface area contributed by atoms with Gasteiger partial charge in [-0.3, -0.25) is 9.59 Å². The molecule has 0 radical (unpaired) electrons. The number of nitrogens with zero attached hydrogens (tertiary/aromatic N) is 1. The van der Waals surface area contributed by atoms with Gasteiger partial charge in [0.1, 0.15) is 17.5 Å². The average molecular weight is 508 g/mol. The van der Waals surface area contributed by atoms with Crippen molar-refractivity contribution in [2.24, 2.45) is 0 Å². The predicted molar refractivity (Wildman–Crippen MR) is 133 cm³/mol. The Bertz CT molecular complexity index is 1470. The van der Waals surface area contributed by atoms with E-state index in [0.29, 0.717) is 52.5 Å². The molecule has 0 saturated heterocycles. The van der Waals surface area contributed by atoms with Crippen LogP contribution in [0.15, 0.2) is 60.8 Å². The van der Waals surface area contributed by atoms with Crippen molar-refractivity contribution in [1.82, 2.24) is 15.3 Å². The molecule has 2 aromatic heterocycles. The van der Waals surface area contributed by atoms with Gasteiger partial charge in [0.2, 0.25) is 5.91 Å². The third-order valence-corrected chi connectivity index (χ3v) is 6.15. The van der Waals surface area contributed by atoms with Gasteiger partial charge in [-0.25, -0.2) is 13.8 Å². The molecule has 36 heavy (non-hydrogen) atoms. The lowest BCUT2D eigenvalue weighted by Gasteiger charge is -2.16. The lowest BCUT2D eigenvalue weighted by Crippen LogP contribution is -2.31. The molecule has 0 unspecified atom stereocenters. The Labute approximate surface area is 209 Å². The van der Waals surface area contributed by atoms with Crippen LogP contribution in [0, 0.1) is 11.6 Å². The number of benzene rings is 2. The zero-order valence-corrected chi connectivity index (χ0v) is 19.5.